The van der Waals surface area contributed by atoms with Crippen LogP contribution in [0.2, 0.25) is 0 Å². The highest BCUT2D eigenvalue weighted by atomic mass is 16.3. The fourth-order valence-corrected chi connectivity index (χ4v) is 2.03. The number of aryl methyl sites for hydroxylation is 1. The van der Waals surface area contributed by atoms with Gasteiger partial charge in [0, 0.05) is 5.39 Å². The van der Waals surface area contributed by atoms with Gasteiger partial charge in [-0.15, -0.1) is 0 Å². The van der Waals surface area contributed by atoms with E-state index in [1.807, 2.05) is 6.07 Å². The molecule has 0 bridgehead atoms. The zero-order valence-corrected chi connectivity index (χ0v) is 11.4. The zero-order chi connectivity index (χ0) is 13.0. The summed E-state index contributed by atoms with van der Waals surface area (Å²) >= 11 is 0. The minimum Gasteiger partial charge on any atom is -0.456 e. The van der Waals surface area contributed by atoms with Crippen molar-refractivity contribution < 1.29 is 4.42 Å². The summed E-state index contributed by atoms with van der Waals surface area (Å²) < 4.78 is 5.85. The lowest BCUT2D eigenvalue weighted by atomic mass is 10.1. The van der Waals surface area contributed by atoms with Crippen LogP contribution in [0.3, 0.4) is 0 Å². The van der Waals surface area contributed by atoms with Crippen molar-refractivity contribution in [1.82, 2.24) is 5.32 Å². The SMILES string of the molecule is CCNCC/C=C(/C)c1cc2cc(C)ccc2o1. The molecular formula is C16H21NO. The molecule has 1 heterocycles. The number of rotatable bonds is 5. The van der Waals surface area contributed by atoms with E-state index in [-0.39, 0.29) is 0 Å². The molecular weight excluding hydrogens is 222 g/mol. The van der Waals surface area contributed by atoms with Crippen LogP contribution in [0.5, 0.6) is 0 Å². The van der Waals surface area contributed by atoms with Crippen LogP contribution in [0.25, 0.3) is 16.5 Å². The first-order valence-corrected chi connectivity index (χ1v) is 6.58. The third kappa shape index (κ3) is 3.02. The summed E-state index contributed by atoms with van der Waals surface area (Å²) in [6, 6.07) is 8.41. The second-order valence-electron chi connectivity index (χ2n) is 4.68. The highest BCUT2D eigenvalue weighted by molar-refractivity contribution is 5.82. The van der Waals surface area contributed by atoms with Crippen LogP contribution in [0.15, 0.2) is 34.8 Å². The fourth-order valence-electron chi connectivity index (χ4n) is 2.03. The Kier molecular flexibility index (Phi) is 4.21. The van der Waals surface area contributed by atoms with Crippen LogP contribution >= 0.6 is 0 Å². The van der Waals surface area contributed by atoms with Gasteiger partial charge in [0.15, 0.2) is 0 Å². The van der Waals surface area contributed by atoms with Crippen LogP contribution in [0, 0.1) is 6.92 Å². The topological polar surface area (TPSA) is 25.2 Å². The van der Waals surface area contributed by atoms with Gasteiger partial charge in [-0.1, -0.05) is 24.6 Å². The first-order valence-electron chi connectivity index (χ1n) is 6.58. The average Bonchev–Trinajstić information content (AvgIpc) is 2.77. The normalized spacial score (nSPS) is 12.3. The summed E-state index contributed by atoms with van der Waals surface area (Å²) in [5, 5.41) is 4.50. The van der Waals surface area contributed by atoms with E-state index in [1.165, 1.54) is 16.5 Å². The average molecular weight is 243 g/mol. The first-order chi connectivity index (χ1) is 8.70. The van der Waals surface area contributed by atoms with E-state index in [0.717, 1.165) is 30.9 Å². The molecule has 0 atom stereocenters. The molecule has 1 N–H and O–H groups in total. The van der Waals surface area contributed by atoms with Crippen molar-refractivity contribution in [2.75, 3.05) is 13.1 Å². The van der Waals surface area contributed by atoms with Crippen LogP contribution < -0.4 is 5.32 Å². The Morgan fingerprint density at radius 3 is 2.94 bits per heavy atom. The Bertz CT molecular complexity index is 551. The number of benzene rings is 1. The minimum atomic E-state index is 0.968. The lowest BCUT2D eigenvalue weighted by Gasteiger charge is -1.98. The van der Waals surface area contributed by atoms with E-state index >= 15 is 0 Å². The molecule has 0 spiro atoms. The first kappa shape index (κ1) is 12.9. The number of allylic oxidation sites excluding steroid dienone is 1. The van der Waals surface area contributed by atoms with Crippen LogP contribution in [0.4, 0.5) is 0 Å². The predicted molar refractivity (Wildman–Crippen MR) is 77.8 cm³/mol. The van der Waals surface area contributed by atoms with Gasteiger partial charge in [-0.25, -0.2) is 0 Å². The zero-order valence-electron chi connectivity index (χ0n) is 11.4. The molecule has 2 aromatic rings. The van der Waals surface area contributed by atoms with E-state index in [9.17, 15) is 0 Å². The minimum absolute atomic E-state index is 0.968. The van der Waals surface area contributed by atoms with Gasteiger partial charge in [0.2, 0.25) is 0 Å². The Labute approximate surface area is 109 Å². The molecule has 96 valence electrons. The second kappa shape index (κ2) is 5.87. The van der Waals surface area contributed by atoms with E-state index < -0.39 is 0 Å². The molecule has 0 aliphatic heterocycles. The molecule has 0 radical (unpaired) electrons. The van der Waals surface area contributed by atoms with Gasteiger partial charge in [0.1, 0.15) is 11.3 Å². The number of fused-ring (bicyclic) bond motifs is 1. The lowest BCUT2D eigenvalue weighted by molar-refractivity contribution is 0.598. The molecule has 0 fully saturated rings. The number of hydrogen-bond donors (Lipinski definition) is 1. The molecule has 0 aliphatic rings. The van der Waals surface area contributed by atoms with Gasteiger partial charge in [-0.05, 0) is 57.1 Å². The molecule has 2 heteroatoms. The van der Waals surface area contributed by atoms with Crippen molar-refractivity contribution in [3.8, 4) is 0 Å². The number of hydrogen-bond acceptors (Lipinski definition) is 2. The Morgan fingerprint density at radius 2 is 2.17 bits per heavy atom. The van der Waals surface area contributed by atoms with Crippen molar-refractivity contribution >= 4 is 16.5 Å². The van der Waals surface area contributed by atoms with Crippen molar-refractivity contribution in [1.29, 1.82) is 0 Å². The molecule has 1 aromatic carbocycles. The number of nitrogens with one attached hydrogen (secondary N) is 1. The molecule has 2 nitrogen and oxygen atoms in total. The van der Waals surface area contributed by atoms with Gasteiger partial charge in [-0.2, -0.15) is 0 Å². The molecule has 0 unspecified atom stereocenters. The van der Waals surface area contributed by atoms with Crippen molar-refractivity contribution in [2.24, 2.45) is 0 Å². The molecule has 0 saturated heterocycles. The largest absolute Gasteiger partial charge is 0.456 e. The summed E-state index contributed by atoms with van der Waals surface area (Å²) in [5.74, 6) is 0.979. The summed E-state index contributed by atoms with van der Waals surface area (Å²) in [6.07, 6.45) is 3.27. The maximum absolute atomic E-state index is 5.85. The standard InChI is InChI=1S/C16H21NO/c1-4-17-9-5-6-13(3)16-11-14-10-12(2)7-8-15(14)18-16/h6-8,10-11,17H,4-5,9H2,1-3H3/b13-6-. The maximum Gasteiger partial charge on any atom is 0.134 e. The van der Waals surface area contributed by atoms with Gasteiger partial charge >= 0.3 is 0 Å². The fraction of sp³-hybridized carbons (Fsp3) is 0.375. The highest BCUT2D eigenvalue weighted by Crippen LogP contribution is 2.25. The smallest absolute Gasteiger partial charge is 0.134 e. The molecule has 0 saturated carbocycles. The van der Waals surface area contributed by atoms with Gasteiger partial charge < -0.3 is 9.73 Å². The van der Waals surface area contributed by atoms with Crippen LogP contribution in [0.1, 0.15) is 31.6 Å². The molecule has 18 heavy (non-hydrogen) atoms. The maximum atomic E-state index is 5.85. The van der Waals surface area contributed by atoms with E-state index in [2.05, 4.69) is 50.4 Å². The Hall–Kier alpha value is -1.54. The van der Waals surface area contributed by atoms with Crippen LogP contribution in [-0.4, -0.2) is 13.1 Å². The highest BCUT2D eigenvalue weighted by Gasteiger charge is 2.04. The monoisotopic (exact) mass is 243 g/mol. The summed E-state index contributed by atoms with van der Waals surface area (Å²) in [4.78, 5) is 0. The summed E-state index contributed by atoms with van der Waals surface area (Å²) in [7, 11) is 0. The molecule has 1 aromatic heterocycles. The predicted octanol–water partition coefficient (Wildman–Crippen LogP) is 4.14. The second-order valence-corrected chi connectivity index (χ2v) is 4.68. The number of furan rings is 1. The quantitative estimate of drug-likeness (QED) is 0.798. The van der Waals surface area contributed by atoms with E-state index in [1.54, 1.807) is 0 Å². The van der Waals surface area contributed by atoms with Crippen LogP contribution in [-0.2, 0) is 0 Å². The molecule has 0 aliphatic carbocycles. The summed E-state index contributed by atoms with van der Waals surface area (Å²) in [6.45, 7) is 8.38. The third-order valence-electron chi connectivity index (χ3n) is 3.08. The molecule has 0 amide bonds. The van der Waals surface area contributed by atoms with Crippen molar-refractivity contribution in [3.63, 3.8) is 0 Å². The van der Waals surface area contributed by atoms with Crippen molar-refractivity contribution in [2.45, 2.75) is 27.2 Å². The van der Waals surface area contributed by atoms with E-state index in [0.29, 0.717) is 0 Å². The Morgan fingerprint density at radius 1 is 1.33 bits per heavy atom. The Balaban J connectivity index is 2.15. The summed E-state index contributed by atoms with van der Waals surface area (Å²) in [5.41, 5.74) is 3.44. The van der Waals surface area contributed by atoms with E-state index in [4.69, 9.17) is 4.42 Å². The van der Waals surface area contributed by atoms with Gasteiger partial charge in [-0.3, -0.25) is 0 Å². The lowest BCUT2D eigenvalue weighted by Crippen LogP contribution is -2.12. The molecule has 2 rings (SSSR count). The van der Waals surface area contributed by atoms with Crippen molar-refractivity contribution in [3.05, 3.63) is 41.7 Å². The third-order valence-corrected chi connectivity index (χ3v) is 3.08. The van der Waals surface area contributed by atoms with Gasteiger partial charge in [0.25, 0.3) is 0 Å². The van der Waals surface area contributed by atoms with Gasteiger partial charge in [0.05, 0.1) is 0 Å².